The van der Waals surface area contributed by atoms with Gasteiger partial charge in [-0.15, -0.1) is 0 Å². The summed E-state index contributed by atoms with van der Waals surface area (Å²) in [6, 6.07) is 0. The normalized spacial score (nSPS) is 11.1. The molecule has 1 N–H and O–H groups in total. The second-order valence-corrected chi connectivity index (χ2v) is 2.75. The Hall–Kier alpha value is -0.700. The van der Waals surface area contributed by atoms with E-state index in [1.807, 2.05) is 6.92 Å². The summed E-state index contributed by atoms with van der Waals surface area (Å²) in [6.45, 7) is 6.57. The van der Waals surface area contributed by atoms with Gasteiger partial charge in [0.1, 0.15) is 11.6 Å². The maximum atomic E-state index is 10.2. The van der Waals surface area contributed by atoms with Gasteiger partial charge in [0.25, 0.3) is 0 Å². The Balaban J connectivity index is 0. The first-order valence-corrected chi connectivity index (χ1v) is 4.06. The van der Waals surface area contributed by atoms with E-state index in [-0.39, 0.29) is 24.1 Å². The van der Waals surface area contributed by atoms with Crippen LogP contribution in [0.25, 0.3) is 0 Å². The predicted octanol–water partition coefficient (Wildman–Crippen LogP) is 1.19. The van der Waals surface area contributed by atoms with Crippen molar-refractivity contribution >= 4 is 11.6 Å². The van der Waals surface area contributed by atoms with Gasteiger partial charge in [-0.2, -0.15) is 0 Å². The van der Waals surface area contributed by atoms with Gasteiger partial charge < -0.3 is 9.90 Å². The van der Waals surface area contributed by atoms with Crippen LogP contribution in [-0.2, 0) is 9.59 Å². The largest absolute Gasteiger partial charge is 0.396 e. The van der Waals surface area contributed by atoms with Gasteiger partial charge in [0.15, 0.2) is 0 Å². The number of hydrogen-bond acceptors (Lipinski definition) is 3. The van der Waals surface area contributed by atoms with Gasteiger partial charge in [0.05, 0.1) is 6.61 Å². The number of rotatable bonds is 3. The smallest absolute Gasteiger partial charge is 0.134 e. The van der Waals surface area contributed by atoms with Crippen molar-refractivity contribution in [1.29, 1.82) is 0 Å². The fraction of sp³-hybridized carbons (Fsp3) is 0.778. The molecule has 0 aliphatic heterocycles. The zero-order chi connectivity index (χ0) is 10.1. The summed E-state index contributed by atoms with van der Waals surface area (Å²) in [5.74, 6) is 0.118. The second kappa shape index (κ2) is 8.40. The third-order valence-corrected chi connectivity index (χ3v) is 1.47. The van der Waals surface area contributed by atoms with Crippen LogP contribution in [0.4, 0.5) is 0 Å². The van der Waals surface area contributed by atoms with Crippen LogP contribution in [0.1, 0.15) is 34.1 Å². The number of aliphatic hydroxyl groups is 1. The number of carbonyl (C=O) groups is 2. The topological polar surface area (TPSA) is 54.4 Å². The first kappa shape index (κ1) is 13.9. The van der Waals surface area contributed by atoms with Crippen LogP contribution in [0.2, 0.25) is 0 Å². The van der Waals surface area contributed by atoms with E-state index >= 15 is 0 Å². The molecule has 3 nitrogen and oxygen atoms in total. The van der Waals surface area contributed by atoms with Gasteiger partial charge >= 0.3 is 0 Å². The van der Waals surface area contributed by atoms with Crippen LogP contribution < -0.4 is 0 Å². The van der Waals surface area contributed by atoms with E-state index < -0.39 is 0 Å². The molecule has 0 radical (unpaired) electrons. The fourth-order valence-corrected chi connectivity index (χ4v) is 0.129. The summed E-state index contributed by atoms with van der Waals surface area (Å²) in [5, 5.41) is 8.28. The maximum Gasteiger partial charge on any atom is 0.134 e. The highest BCUT2D eigenvalue weighted by molar-refractivity contribution is 5.77. The Morgan fingerprint density at radius 1 is 1.33 bits per heavy atom. The molecule has 0 fully saturated rings. The highest BCUT2D eigenvalue weighted by atomic mass is 16.3. The lowest BCUT2D eigenvalue weighted by molar-refractivity contribution is -0.121. The molecule has 0 bridgehead atoms. The van der Waals surface area contributed by atoms with Crippen LogP contribution in [0, 0.1) is 5.92 Å². The third kappa shape index (κ3) is 12.0. The number of ketones is 2. The van der Waals surface area contributed by atoms with E-state index in [1.54, 1.807) is 13.8 Å². The number of aliphatic hydroxyl groups excluding tert-OH is 1. The molecule has 0 aromatic carbocycles. The average Bonchev–Trinajstić information content (AvgIpc) is 2.04. The van der Waals surface area contributed by atoms with Crippen molar-refractivity contribution in [3.05, 3.63) is 0 Å². The summed E-state index contributed by atoms with van der Waals surface area (Å²) in [5.41, 5.74) is 0. The number of hydrogen-bond donors (Lipinski definition) is 1. The standard InChI is InChI=1S/C5H10O2.C4H8O/c1-4(3-6)5(2)7;1-3-4(2)5/h4,6H,3H2,1-2H3;3H2,1-2H3. The minimum atomic E-state index is -0.181. The Bertz CT molecular complexity index is 141. The molecular weight excluding hydrogens is 156 g/mol. The van der Waals surface area contributed by atoms with Crippen LogP contribution in [-0.4, -0.2) is 23.3 Å². The Labute approximate surface area is 73.8 Å². The van der Waals surface area contributed by atoms with Gasteiger partial charge in [0, 0.05) is 12.3 Å². The lowest BCUT2D eigenvalue weighted by Crippen LogP contribution is -2.09. The third-order valence-electron chi connectivity index (χ3n) is 1.47. The summed E-state index contributed by atoms with van der Waals surface area (Å²) < 4.78 is 0. The molecule has 0 aliphatic carbocycles. The first-order chi connectivity index (χ1) is 5.45. The van der Waals surface area contributed by atoms with E-state index in [4.69, 9.17) is 5.11 Å². The Morgan fingerprint density at radius 2 is 1.67 bits per heavy atom. The van der Waals surface area contributed by atoms with Gasteiger partial charge in [-0.05, 0) is 13.8 Å². The predicted molar refractivity (Wildman–Crippen MR) is 47.9 cm³/mol. The molecule has 0 saturated carbocycles. The molecular formula is C9H18O3. The van der Waals surface area contributed by atoms with Crippen molar-refractivity contribution in [2.24, 2.45) is 5.92 Å². The summed E-state index contributed by atoms with van der Waals surface area (Å²) in [7, 11) is 0. The summed E-state index contributed by atoms with van der Waals surface area (Å²) >= 11 is 0. The van der Waals surface area contributed by atoms with Crippen molar-refractivity contribution in [1.82, 2.24) is 0 Å². The fourth-order valence-electron chi connectivity index (χ4n) is 0.129. The van der Waals surface area contributed by atoms with Crippen molar-refractivity contribution < 1.29 is 14.7 Å². The minimum absolute atomic E-state index is 0.0324. The zero-order valence-electron chi connectivity index (χ0n) is 8.26. The molecule has 72 valence electrons. The first-order valence-electron chi connectivity index (χ1n) is 4.06. The monoisotopic (exact) mass is 174 g/mol. The zero-order valence-corrected chi connectivity index (χ0v) is 8.26. The van der Waals surface area contributed by atoms with Crippen LogP contribution >= 0.6 is 0 Å². The Kier molecular flexibility index (Phi) is 9.70. The molecule has 0 rings (SSSR count). The highest BCUT2D eigenvalue weighted by Crippen LogP contribution is 1.91. The quantitative estimate of drug-likeness (QED) is 0.699. The van der Waals surface area contributed by atoms with Crippen molar-refractivity contribution in [2.75, 3.05) is 6.61 Å². The van der Waals surface area contributed by atoms with Gasteiger partial charge in [-0.1, -0.05) is 13.8 Å². The molecule has 0 aromatic heterocycles. The molecule has 0 amide bonds. The molecule has 12 heavy (non-hydrogen) atoms. The average molecular weight is 174 g/mol. The SMILES string of the molecule is CC(=O)C(C)CO.CCC(C)=O. The molecule has 0 aromatic rings. The lowest BCUT2D eigenvalue weighted by atomic mass is 10.1. The van der Waals surface area contributed by atoms with E-state index in [0.717, 1.165) is 0 Å². The molecule has 3 heteroatoms. The lowest BCUT2D eigenvalue weighted by Gasteiger charge is -1.97. The van der Waals surface area contributed by atoms with Gasteiger partial charge in [0.2, 0.25) is 0 Å². The minimum Gasteiger partial charge on any atom is -0.396 e. The maximum absolute atomic E-state index is 10.2. The molecule has 1 atom stereocenters. The van der Waals surface area contributed by atoms with E-state index in [1.165, 1.54) is 6.92 Å². The molecule has 0 heterocycles. The Morgan fingerprint density at radius 3 is 1.67 bits per heavy atom. The molecule has 1 unspecified atom stereocenters. The molecule has 0 spiro atoms. The van der Waals surface area contributed by atoms with Gasteiger partial charge in [-0.3, -0.25) is 4.79 Å². The number of carbonyl (C=O) groups excluding carboxylic acids is 2. The molecule has 0 saturated heterocycles. The van der Waals surface area contributed by atoms with E-state index in [0.29, 0.717) is 6.42 Å². The van der Waals surface area contributed by atoms with E-state index in [9.17, 15) is 9.59 Å². The van der Waals surface area contributed by atoms with Crippen LogP contribution in [0.15, 0.2) is 0 Å². The second-order valence-electron chi connectivity index (χ2n) is 2.75. The van der Waals surface area contributed by atoms with Crippen LogP contribution in [0.5, 0.6) is 0 Å². The van der Waals surface area contributed by atoms with E-state index in [2.05, 4.69) is 0 Å². The van der Waals surface area contributed by atoms with Crippen molar-refractivity contribution in [2.45, 2.75) is 34.1 Å². The van der Waals surface area contributed by atoms with Crippen LogP contribution in [0.3, 0.4) is 0 Å². The summed E-state index contributed by atoms with van der Waals surface area (Å²) in [4.78, 5) is 20.0. The summed E-state index contributed by atoms with van der Waals surface area (Å²) in [6.07, 6.45) is 0.667. The number of Topliss-reactive ketones (excluding diaryl/α,β-unsaturated/α-hetero) is 2. The molecule has 0 aliphatic rings. The van der Waals surface area contributed by atoms with Gasteiger partial charge in [-0.25, -0.2) is 0 Å². The van der Waals surface area contributed by atoms with Crippen molar-refractivity contribution in [3.63, 3.8) is 0 Å². The highest BCUT2D eigenvalue weighted by Gasteiger charge is 2.02. The van der Waals surface area contributed by atoms with Crippen molar-refractivity contribution in [3.8, 4) is 0 Å².